The van der Waals surface area contributed by atoms with Gasteiger partial charge >= 0.3 is 0 Å². The molecule has 0 amide bonds. The fourth-order valence-corrected chi connectivity index (χ4v) is 2.32. The van der Waals surface area contributed by atoms with Crippen molar-refractivity contribution in [3.8, 4) is 5.75 Å². The molecule has 2 aromatic carbocycles. The average Bonchev–Trinajstić information content (AvgIpc) is 2.49. The lowest BCUT2D eigenvalue weighted by molar-refractivity contribution is 0.302. The van der Waals surface area contributed by atoms with Gasteiger partial charge in [-0.2, -0.15) is 0 Å². The number of para-hydroxylation sites is 1. The predicted molar refractivity (Wildman–Crippen MR) is 83.5 cm³/mol. The first-order valence-electron chi connectivity index (χ1n) is 6.42. The van der Waals surface area contributed by atoms with Crippen LogP contribution in [-0.4, -0.2) is 10.9 Å². The van der Waals surface area contributed by atoms with Crippen LogP contribution in [0.3, 0.4) is 0 Å². The molecular formula is C16H16BrNO2. The molecule has 0 aliphatic heterocycles. The van der Waals surface area contributed by atoms with Gasteiger partial charge < -0.3 is 9.94 Å². The first-order chi connectivity index (χ1) is 9.76. The zero-order valence-corrected chi connectivity index (χ0v) is 12.8. The number of halogens is 1. The third-order valence-electron chi connectivity index (χ3n) is 2.99. The maximum Gasteiger partial charge on any atom is 0.128 e. The van der Waals surface area contributed by atoms with Gasteiger partial charge in [-0.3, -0.25) is 0 Å². The molecule has 0 aliphatic carbocycles. The summed E-state index contributed by atoms with van der Waals surface area (Å²) in [5.41, 5.74) is 2.51. The minimum Gasteiger partial charge on any atom is -0.488 e. The minimum absolute atomic E-state index is 0.459. The van der Waals surface area contributed by atoms with E-state index in [0.717, 1.165) is 21.3 Å². The Bertz CT molecular complexity index is 611. The Kier molecular flexibility index (Phi) is 5.18. The molecule has 1 N–H and O–H groups in total. The quantitative estimate of drug-likeness (QED) is 0.493. The molecule has 0 aromatic heterocycles. The lowest BCUT2D eigenvalue weighted by Gasteiger charge is -2.12. The predicted octanol–water partition coefficient (Wildman–Crippen LogP) is 4.62. The molecule has 3 nitrogen and oxygen atoms in total. The number of benzene rings is 2. The lowest BCUT2D eigenvalue weighted by atomic mass is 10.1. The second-order valence-corrected chi connectivity index (χ2v) is 5.13. The van der Waals surface area contributed by atoms with Crippen LogP contribution in [0.4, 0.5) is 0 Å². The first kappa shape index (κ1) is 14.6. The van der Waals surface area contributed by atoms with E-state index in [4.69, 9.17) is 9.94 Å². The Balaban J connectivity index is 2.20. The van der Waals surface area contributed by atoms with Crippen LogP contribution in [0.2, 0.25) is 0 Å². The number of rotatable bonds is 5. The molecule has 0 unspecified atom stereocenters. The highest BCUT2D eigenvalue weighted by Crippen LogP contribution is 2.23. The third-order valence-corrected chi connectivity index (χ3v) is 3.77. The van der Waals surface area contributed by atoms with Gasteiger partial charge in [0.05, 0.1) is 5.71 Å². The van der Waals surface area contributed by atoms with Crippen molar-refractivity contribution in [1.29, 1.82) is 0 Å². The molecule has 0 aliphatic rings. The summed E-state index contributed by atoms with van der Waals surface area (Å²) in [4.78, 5) is 0. The molecule has 0 saturated heterocycles. The van der Waals surface area contributed by atoms with E-state index < -0.39 is 0 Å². The number of nitrogens with zero attached hydrogens (tertiary/aromatic N) is 1. The second-order valence-electron chi connectivity index (χ2n) is 4.28. The largest absolute Gasteiger partial charge is 0.488 e. The number of hydrogen-bond donors (Lipinski definition) is 1. The number of ether oxygens (including phenoxy) is 1. The van der Waals surface area contributed by atoms with Crippen molar-refractivity contribution in [3.63, 3.8) is 0 Å². The lowest BCUT2D eigenvalue weighted by Crippen LogP contribution is -2.04. The van der Waals surface area contributed by atoms with E-state index in [1.54, 1.807) is 0 Å². The van der Waals surface area contributed by atoms with Crippen molar-refractivity contribution in [2.45, 2.75) is 20.0 Å². The molecule has 4 heteroatoms. The molecule has 2 rings (SSSR count). The Morgan fingerprint density at radius 1 is 1.15 bits per heavy atom. The molecule has 0 heterocycles. The summed E-state index contributed by atoms with van der Waals surface area (Å²) < 4.78 is 6.88. The molecule has 0 fully saturated rings. The van der Waals surface area contributed by atoms with Gasteiger partial charge in [0.15, 0.2) is 0 Å². The topological polar surface area (TPSA) is 41.8 Å². The highest BCUT2D eigenvalue weighted by atomic mass is 79.9. The molecule has 104 valence electrons. The smallest absolute Gasteiger partial charge is 0.128 e. The van der Waals surface area contributed by atoms with Gasteiger partial charge in [-0.15, -0.1) is 0 Å². The normalized spacial score (nSPS) is 11.4. The van der Waals surface area contributed by atoms with E-state index in [1.165, 1.54) is 0 Å². The monoisotopic (exact) mass is 333 g/mol. The van der Waals surface area contributed by atoms with Crippen molar-refractivity contribution in [3.05, 3.63) is 64.1 Å². The minimum atomic E-state index is 0.459. The van der Waals surface area contributed by atoms with Crippen molar-refractivity contribution in [2.24, 2.45) is 5.16 Å². The molecule has 0 bridgehead atoms. The third kappa shape index (κ3) is 3.39. The Hall–Kier alpha value is -1.81. The summed E-state index contributed by atoms with van der Waals surface area (Å²) in [6, 6.07) is 15.5. The molecule has 0 spiro atoms. The van der Waals surface area contributed by atoms with Crippen LogP contribution in [0.15, 0.2) is 58.2 Å². The van der Waals surface area contributed by atoms with Crippen molar-refractivity contribution < 1.29 is 9.94 Å². The zero-order valence-electron chi connectivity index (χ0n) is 11.2. The zero-order chi connectivity index (χ0) is 14.4. The molecule has 20 heavy (non-hydrogen) atoms. The van der Waals surface area contributed by atoms with Gasteiger partial charge in [-0.1, -0.05) is 58.3 Å². The Morgan fingerprint density at radius 2 is 1.85 bits per heavy atom. The Labute approximate surface area is 127 Å². The Morgan fingerprint density at radius 3 is 2.55 bits per heavy atom. The molecular weight excluding hydrogens is 318 g/mol. The van der Waals surface area contributed by atoms with E-state index >= 15 is 0 Å². The number of hydrogen-bond acceptors (Lipinski definition) is 3. The summed E-state index contributed by atoms with van der Waals surface area (Å²) in [6.45, 7) is 2.40. The van der Waals surface area contributed by atoms with Gasteiger partial charge in [0.25, 0.3) is 0 Å². The fourth-order valence-electron chi connectivity index (χ4n) is 1.92. The van der Waals surface area contributed by atoms with Crippen LogP contribution in [0.5, 0.6) is 5.75 Å². The van der Waals surface area contributed by atoms with E-state index in [2.05, 4.69) is 21.1 Å². The van der Waals surface area contributed by atoms with Crippen LogP contribution < -0.4 is 4.74 Å². The van der Waals surface area contributed by atoms with E-state index in [-0.39, 0.29) is 0 Å². The summed E-state index contributed by atoms with van der Waals surface area (Å²) in [5, 5.41) is 12.4. The molecule has 0 radical (unpaired) electrons. The molecule has 0 atom stereocenters. The number of oxime groups is 1. The fraction of sp³-hybridized carbons (Fsp3) is 0.188. The van der Waals surface area contributed by atoms with Crippen LogP contribution in [0.1, 0.15) is 24.5 Å². The van der Waals surface area contributed by atoms with Crippen LogP contribution in [-0.2, 0) is 6.61 Å². The maximum atomic E-state index is 9.06. The van der Waals surface area contributed by atoms with Crippen molar-refractivity contribution in [2.75, 3.05) is 0 Å². The van der Waals surface area contributed by atoms with Crippen molar-refractivity contribution >= 4 is 21.6 Å². The first-order valence-corrected chi connectivity index (χ1v) is 7.22. The van der Waals surface area contributed by atoms with Crippen LogP contribution in [0, 0.1) is 0 Å². The van der Waals surface area contributed by atoms with Crippen molar-refractivity contribution in [1.82, 2.24) is 0 Å². The maximum absolute atomic E-state index is 9.06. The summed E-state index contributed by atoms with van der Waals surface area (Å²) in [7, 11) is 0. The van der Waals surface area contributed by atoms with Gasteiger partial charge in [0.2, 0.25) is 0 Å². The van der Waals surface area contributed by atoms with E-state index in [0.29, 0.717) is 18.7 Å². The second kappa shape index (κ2) is 7.10. The van der Waals surface area contributed by atoms with E-state index in [9.17, 15) is 0 Å². The molecule has 2 aromatic rings. The SMILES string of the molecule is CC/C(=N\O)c1ccccc1OCc1ccccc1Br. The highest BCUT2D eigenvalue weighted by molar-refractivity contribution is 9.10. The van der Waals surface area contributed by atoms with Gasteiger partial charge in [-0.05, 0) is 24.6 Å². The summed E-state index contributed by atoms with van der Waals surface area (Å²) in [6.07, 6.45) is 0.645. The average molecular weight is 334 g/mol. The van der Waals surface area contributed by atoms with Gasteiger partial charge in [0, 0.05) is 15.6 Å². The highest BCUT2D eigenvalue weighted by Gasteiger charge is 2.09. The van der Waals surface area contributed by atoms with Gasteiger partial charge in [0.1, 0.15) is 12.4 Å². The van der Waals surface area contributed by atoms with Crippen LogP contribution >= 0.6 is 15.9 Å². The summed E-state index contributed by atoms with van der Waals surface area (Å²) in [5.74, 6) is 0.720. The molecule has 0 saturated carbocycles. The summed E-state index contributed by atoms with van der Waals surface area (Å²) >= 11 is 3.50. The van der Waals surface area contributed by atoms with E-state index in [1.807, 2.05) is 55.5 Å². The standard InChI is InChI=1S/C16H16BrNO2/c1-2-15(18-19)13-8-4-6-10-16(13)20-11-12-7-3-5-9-14(12)17/h3-10,19H,2,11H2,1H3/b18-15+. The van der Waals surface area contributed by atoms with Crippen LogP contribution in [0.25, 0.3) is 0 Å². The van der Waals surface area contributed by atoms with Gasteiger partial charge in [-0.25, -0.2) is 0 Å².